The average molecular weight is 282 g/mol. The largest absolute Gasteiger partial charge is 0.384 e. The van der Waals surface area contributed by atoms with Crippen molar-refractivity contribution in [2.75, 3.05) is 11.9 Å². The lowest BCUT2D eigenvalue weighted by atomic mass is 10.2. The summed E-state index contributed by atoms with van der Waals surface area (Å²) in [6.07, 6.45) is 0. The highest BCUT2D eigenvalue weighted by Crippen LogP contribution is 2.14. The number of hydrogen-bond donors (Lipinski definition) is 3. The van der Waals surface area contributed by atoms with Gasteiger partial charge >= 0.3 is 6.03 Å². The molecule has 0 saturated carbocycles. The van der Waals surface area contributed by atoms with Gasteiger partial charge in [0.05, 0.1) is 0 Å². The molecular formula is C16H18N4O. The SMILES string of the molecule is CN(C(=O)NCc1ccccc1)c1cccc(C(=N)N)c1. The van der Waals surface area contributed by atoms with Gasteiger partial charge in [0.15, 0.2) is 0 Å². The van der Waals surface area contributed by atoms with E-state index in [1.807, 2.05) is 30.3 Å². The molecule has 0 aromatic heterocycles. The van der Waals surface area contributed by atoms with Crippen LogP contribution in [-0.2, 0) is 6.54 Å². The third-order valence-corrected chi connectivity index (χ3v) is 3.14. The van der Waals surface area contributed by atoms with E-state index in [0.29, 0.717) is 17.8 Å². The molecule has 2 aromatic carbocycles. The molecule has 5 heteroatoms. The zero-order valence-corrected chi connectivity index (χ0v) is 11.8. The summed E-state index contributed by atoms with van der Waals surface area (Å²) < 4.78 is 0. The lowest BCUT2D eigenvalue weighted by Crippen LogP contribution is -2.37. The number of anilines is 1. The molecule has 2 amide bonds. The van der Waals surface area contributed by atoms with E-state index in [1.165, 1.54) is 4.90 Å². The van der Waals surface area contributed by atoms with Crippen LogP contribution in [0.1, 0.15) is 11.1 Å². The molecule has 4 N–H and O–H groups in total. The Morgan fingerprint density at radius 1 is 1.19 bits per heavy atom. The van der Waals surface area contributed by atoms with Crippen LogP contribution in [-0.4, -0.2) is 18.9 Å². The monoisotopic (exact) mass is 282 g/mol. The number of nitrogen functional groups attached to an aromatic ring is 1. The van der Waals surface area contributed by atoms with E-state index in [2.05, 4.69) is 5.32 Å². The van der Waals surface area contributed by atoms with Crippen LogP contribution in [0, 0.1) is 5.41 Å². The van der Waals surface area contributed by atoms with E-state index in [1.54, 1.807) is 31.3 Å². The number of benzene rings is 2. The maximum atomic E-state index is 12.1. The third kappa shape index (κ3) is 3.82. The van der Waals surface area contributed by atoms with Gasteiger partial charge in [-0.15, -0.1) is 0 Å². The first-order chi connectivity index (χ1) is 10.1. The van der Waals surface area contributed by atoms with Crippen LogP contribution < -0.4 is 16.0 Å². The maximum absolute atomic E-state index is 12.1. The molecule has 0 saturated heterocycles. The van der Waals surface area contributed by atoms with E-state index in [-0.39, 0.29) is 11.9 Å². The summed E-state index contributed by atoms with van der Waals surface area (Å²) in [6.45, 7) is 0.469. The number of rotatable bonds is 4. The van der Waals surface area contributed by atoms with Crippen LogP contribution in [0.5, 0.6) is 0 Å². The lowest BCUT2D eigenvalue weighted by molar-refractivity contribution is 0.247. The van der Waals surface area contributed by atoms with E-state index < -0.39 is 0 Å². The summed E-state index contributed by atoms with van der Waals surface area (Å²) in [4.78, 5) is 13.6. The zero-order valence-electron chi connectivity index (χ0n) is 11.8. The molecule has 0 unspecified atom stereocenters. The van der Waals surface area contributed by atoms with Crippen molar-refractivity contribution in [1.82, 2.24) is 5.32 Å². The summed E-state index contributed by atoms with van der Waals surface area (Å²) in [5, 5.41) is 10.3. The normalized spacial score (nSPS) is 9.95. The molecule has 0 aliphatic rings. The second kappa shape index (κ2) is 6.56. The number of carbonyl (C=O) groups is 1. The number of carbonyl (C=O) groups excluding carboxylic acids is 1. The Bertz CT molecular complexity index is 640. The number of nitrogens with one attached hydrogen (secondary N) is 2. The molecular weight excluding hydrogens is 264 g/mol. The molecule has 0 radical (unpaired) electrons. The molecule has 0 bridgehead atoms. The fourth-order valence-corrected chi connectivity index (χ4v) is 1.89. The molecule has 2 aromatic rings. The van der Waals surface area contributed by atoms with Gasteiger partial charge in [-0.05, 0) is 17.7 Å². The van der Waals surface area contributed by atoms with Crippen molar-refractivity contribution in [3.05, 3.63) is 65.7 Å². The minimum Gasteiger partial charge on any atom is -0.384 e. The topological polar surface area (TPSA) is 82.2 Å². The van der Waals surface area contributed by atoms with Crippen LogP contribution in [0.15, 0.2) is 54.6 Å². The van der Waals surface area contributed by atoms with Crippen molar-refractivity contribution in [3.63, 3.8) is 0 Å². The van der Waals surface area contributed by atoms with Gasteiger partial charge in [-0.3, -0.25) is 10.3 Å². The van der Waals surface area contributed by atoms with Gasteiger partial charge in [0.2, 0.25) is 0 Å². The number of amides is 2. The summed E-state index contributed by atoms with van der Waals surface area (Å²) in [7, 11) is 1.68. The van der Waals surface area contributed by atoms with Crippen molar-refractivity contribution in [2.24, 2.45) is 5.73 Å². The summed E-state index contributed by atoms with van der Waals surface area (Å²) in [5.74, 6) is -0.0186. The van der Waals surface area contributed by atoms with Crippen LogP contribution >= 0.6 is 0 Å². The van der Waals surface area contributed by atoms with Gasteiger partial charge in [-0.2, -0.15) is 0 Å². The van der Waals surface area contributed by atoms with Gasteiger partial charge < -0.3 is 11.1 Å². The third-order valence-electron chi connectivity index (χ3n) is 3.14. The van der Waals surface area contributed by atoms with Crippen LogP contribution in [0.2, 0.25) is 0 Å². The standard InChI is InChI=1S/C16H18N4O/c1-20(14-9-5-8-13(10-14)15(17)18)16(21)19-11-12-6-3-2-4-7-12/h2-10H,11H2,1H3,(H3,17,18)(H,19,21). The highest BCUT2D eigenvalue weighted by molar-refractivity contribution is 5.97. The van der Waals surface area contributed by atoms with Crippen molar-refractivity contribution < 1.29 is 4.79 Å². The number of urea groups is 1. The fraction of sp³-hybridized carbons (Fsp3) is 0.125. The maximum Gasteiger partial charge on any atom is 0.321 e. The van der Waals surface area contributed by atoms with E-state index >= 15 is 0 Å². The summed E-state index contributed by atoms with van der Waals surface area (Å²) in [5.41, 5.74) is 7.78. The van der Waals surface area contributed by atoms with Crippen molar-refractivity contribution in [1.29, 1.82) is 5.41 Å². The molecule has 0 aliphatic heterocycles. The number of hydrogen-bond acceptors (Lipinski definition) is 2. The summed E-state index contributed by atoms with van der Waals surface area (Å²) >= 11 is 0. The average Bonchev–Trinajstić information content (AvgIpc) is 2.53. The Labute approximate surface area is 123 Å². The van der Waals surface area contributed by atoms with Crippen LogP contribution in [0.3, 0.4) is 0 Å². The first-order valence-electron chi connectivity index (χ1n) is 6.58. The molecule has 0 spiro atoms. The van der Waals surface area contributed by atoms with Crippen molar-refractivity contribution >= 4 is 17.6 Å². The number of nitrogens with zero attached hydrogens (tertiary/aromatic N) is 1. The van der Waals surface area contributed by atoms with E-state index in [0.717, 1.165) is 5.56 Å². The molecule has 108 valence electrons. The predicted octanol–water partition coefficient (Wildman–Crippen LogP) is 2.32. The Kier molecular flexibility index (Phi) is 4.56. The predicted molar refractivity (Wildman–Crippen MR) is 84.5 cm³/mol. The minimum absolute atomic E-state index is 0.0186. The first kappa shape index (κ1) is 14.6. The van der Waals surface area contributed by atoms with Crippen LogP contribution in [0.4, 0.5) is 10.5 Å². The highest BCUT2D eigenvalue weighted by atomic mass is 16.2. The highest BCUT2D eigenvalue weighted by Gasteiger charge is 2.11. The van der Waals surface area contributed by atoms with Gasteiger partial charge in [-0.1, -0.05) is 42.5 Å². The van der Waals surface area contributed by atoms with Crippen LogP contribution in [0.25, 0.3) is 0 Å². The lowest BCUT2D eigenvalue weighted by Gasteiger charge is -2.18. The van der Waals surface area contributed by atoms with Crippen molar-refractivity contribution in [3.8, 4) is 0 Å². The molecule has 0 heterocycles. The molecule has 0 fully saturated rings. The Morgan fingerprint density at radius 2 is 1.90 bits per heavy atom. The second-order valence-corrected chi connectivity index (χ2v) is 4.67. The Balaban J connectivity index is 2.02. The molecule has 0 atom stereocenters. The van der Waals surface area contributed by atoms with Crippen molar-refractivity contribution in [2.45, 2.75) is 6.54 Å². The first-order valence-corrected chi connectivity index (χ1v) is 6.58. The van der Waals surface area contributed by atoms with Gasteiger partial charge in [0.25, 0.3) is 0 Å². The Morgan fingerprint density at radius 3 is 2.57 bits per heavy atom. The minimum atomic E-state index is -0.209. The molecule has 21 heavy (non-hydrogen) atoms. The van der Waals surface area contributed by atoms with Gasteiger partial charge in [0, 0.05) is 24.8 Å². The smallest absolute Gasteiger partial charge is 0.321 e. The van der Waals surface area contributed by atoms with E-state index in [4.69, 9.17) is 11.1 Å². The Hall–Kier alpha value is -2.82. The quantitative estimate of drug-likeness (QED) is 0.594. The van der Waals surface area contributed by atoms with Gasteiger partial charge in [0.1, 0.15) is 5.84 Å². The second-order valence-electron chi connectivity index (χ2n) is 4.67. The molecule has 0 aliphatic carbocycles. The number of amidine groups is 1. The van der Waals surface area contributed by atoms with Gasteiger partial charge in [-0.25, -0.2) is 4.79 Å². The van der Waals surface area contributed by atoms with E-state index in [9.17, 15) is 4.79 Å². The molecule has 5 nitrogen and oxygen atoms in total. The molecule has 2 rings (SSSR count). The zero-order chi connectivity index (χ0) is 15.2. The fourth-order valence-electron chi connectivity index (χ4n) is 1.89. The number of nitrogens with two attached hydrogens (primary N) is 1. The summed E-state index contributed by atoms with van der Waals surface area (Å²) in [6, 6.07) is 16.5.